The Kier molecular flexibility index (Phi) is 9.61. The monoisotopic (exact) mass is 478 g/mol. The minimum absolute atomic E-state index is 0. The van der Waals surface area contributed by atoms with E-state index in [1.54, 1.807) is 11.3 Å². The molecule has 2 heterocycles. The van der Waals surface area contributed by atoms with Crippen molar-refractivity contribution >= 4 is 33.8 Å². The van der Waals surface area contributed by atoms with Crippen LogP contribution in [0, 0.1) is 5.92 Å². The van der Waals surface area contributed by atoms with E-state index in [0.717, 1.165) is 40.9 Å². The van der Waals surface area contributed by atoms with Gasteiger partial charge in [-0.15, -0.1) is 22.7 Å². The molecule has 1 saturated carbocycles. The summed E-state index contributed by atoms with van der Waals surface area (Å²) in [6.07, 6.45) is 5.04. The predicted molar refractivity (Wildman–Crippen MR) is 125 cm³/mol. The topological polar surface area (TPSA) is 65.5 Å². The number of hydrogen-bond acceptors (Lipinski definition) is 7. The summed E-state index contributed by atoms with van der Waals surface area (Å²) in [5.74, 6) is 0.676. The fraction of sp³-hybridized carbons (Fsp3) is 0.417. The van der Waals surface area contributed by atoms with Gasteiger partial charge in [0.2, 0.25) is 0 Å². The molecule has 4 rings (SSSR count). The zero-order chi connectivity index (χ0) is 21.6. The number of aromatic nitrogens is 1. The maximum absolute atomic E-state index is 11.0. The number of rotatable bonds is 9. The van der Waals surface area contributed by atoms with Crippen molar-refractivity contribution in [3.05, 3.63) is 52.0 Å². The van der Waals surface area contributed by atoms with E-state index in [9.17, 15) is 9.90 Å². The average Bonchev–Trinajstić information content (AvgIpc) is 3.45. The van der Waals surface area contributed by atoms with Crippen molar-refractivity contribution in [2.75, 3.05) is 11.4 Å². The number of hydrogen-bond donors (Lipinski definition) is 0. The Balaban J connectivity index is 0.00000289. The molecule has 0 aliphatic heterocycles. The summed E-state index contributed by atoms with van der Waals surface area (Å²) in [6.45, 7) is 3.33. The molecule has 3 aromatic rings. The molecule has 1 aromatic carbocycles. The smallest absolute Gasteiger partial charge is 0.550 e. The first-order valence-electron chi connectivity index (χ1n) is 10.8. The number of thiophene rings is 1. The molecule has 164 valence electrons. The van der Waals surface area contributed by atoms with Gasteiger partial charge in [0.1, 0.15) is 5.75 Å². The van der Waals surface area contributed by atoms with E-state index in [1.165, 1.54) is 29.1 Å². The van der Waals surface area contributed by atoms with E-state index < -0.39 is 5.97 Å². The summed E-state index contributed by atoms with van der Waals surface area (Å²) in [5, 5.41) is 15.9. The van der Waals surface area contributed by atoms with Gasteiger partial charge in [0.15, 0.2) is 5.13 Å². The fourth-order valence-corrected chi connectivity index (χ4v) is 5.43. The number of benzene rings is 1. The van der Waals surface area contributed by atoms with E-state index in [0.29, 0.717) is 19.2 Å². The summed E-state index contributed by atoms with van der Waals surface area (Å²) < 4.78 is 6.16. The van der Waals surface area contributed by atoms with Crippen LogP contribution in [0.4, 0.5) is 5.13 Å². The van der Waals surface area contributed by atoms with E-state index >= 15 is 0 Å². The number of aliphatic carboxylic acids is 1. The Morgan fingerprint density at radius 2 is 1.91 bits per heavy atom. The van der Waals surface area contributed by atoms with Crippen LogP contribution in [-0.4, -0.2) is 23.6 Å². The number of carboxylic acid groups (broad SMARTS) is 1. The molecule has 0 unspecified atom stereocenters. The van der Waals surface area contributed by atoms with Gasteiger partial charge in [0, 0.05) is 34.8 Å². The van der Waals surface area contributed by atoms with Gasteiger partial charge in [-0.2, -0.15) is 0 Å². The second-order valence-electron chi connectivity index (χ2n) is 8.16. The minimum Gasteiger partial charge on any atom is -0.550 e. The van der Waals surface area contributed by atoms with E-state index in [2.05, 4.69) is 13.0 Å². The largest absolute Gasteiger partial charge is 1.00 e. The minimum atomic E-state index is -1.05. The van der Waals surface area contributed by atoms with Gasteiger partial charge in [-0.05, 0) is 67.3 Å². The zero-order valence-electron chi connectivity index (χ0n) is 18.7. The summed E-state index contributed by atoms with van der Waals surface area (Å²) in [7, 11) is 0. The van der Waals surface area contributed by atoms with Gasteiger partial charge in [0.05, 0.1) is 18.3 Å². The van der Waals surface area contributed by atoms with Crippen molar-refractivity contribution in [1.82, 2.24) is 4.98 Å². The third-order valence-corrected chi connectivity index (χ3v) is 7.45. The third kappa shape index (κ3) is 7.06. The Morgan fingerprint density at radius 3 is 2.56 bits per heavy atom. The van der Waals surface area contributed by atoms with Crippen molar-refractivity contribution in [3.63, 3.8) is 0 Å². The molecule has 1 aliphatic rings. The number of nitrogens with zero attached hydrogens (tertiary/aromatic N) is 2. The standard InChI is InChI=1S/C24H28N2O3S2.Na/c1-17-4-8-19(9-5-17)29-20-10-6-18(7-11-20)22-16-31-24(25-22)26(13-12-23(27)28)15-21-3-2-14-30-21;/h2-3,6-7,10-11,14,16-17,19H,4-5,8-9,12-13,15H2,1H3,(H,27,28);/q;+1/p-1. The van der Waals surface area contributed by atoms with Crippen LogP contribution in [0.1, 0.15) is 43.9 Å². The van der Waals surface area contributed by atoms with E-state index in [4.69, 9.17) is 9.72 Å². The summed E-state index contributed by atoms with van der Waals surface area (Å²) in [6, 6.07) is 12.2. The molecule has 0 N–H and O–H groups in total. The second-order valence-corrected chi connectivity index (χ2v) is 10.0. The molecule has 0 radical (unpaired) electrons. The fourth-order valence-electron chi connectivity index (χ4n) is 3.85. The van der Waals surface area contributed by atoms with Crippen molar-refractivity contribution in [1.29, 1.82) is 0 Å². The number of carbonyl (C=O) groups excluding carboxylic acids is 1. The first-order valence-corrected chi connectivity index (χ1v) is 12.5. The van der Waals surface area contributed by atoms with E-state index in [1.807, 2.05) is 46.0 Å². The van der Waals surface area contributed by atoms with Crippen molar-refractivity contribution in [2.45, 2.75) is 51.7 Å². The Labute approximate surface area is 219 Å². The average molecular weight is 479 g/mol. The number of ether oxygens (including phenoxy) is 1. The van der Waals surface area contributed by atoms with Crippen LogP contribution in [0.5, 0.6) is 5.75 Å². The molecule has 0 bridgehead atoms. The quantitative estimate of drug-likeness (QED) is 0.440. The third-order valence-electron chi connectivity index (χ3n) is 5.69. The normalized spacial score (nSPS) is 18.0. The second kappa shape index (κ2) is 12.2. The van der Waals surface area contributed by atoms with Crippen LogP contribution in [0.2, 0.25) is 0 Å². The molecule has 0 saturated heterocycles. The Bertz CT molecular complexity index is 968. The van der Waals surface area contributed by atoms with Gasteiger partial charge in [-0.1, -0.05) is 13.0 Å². The number of carboxylic acids is 1. The molecule has 0 amide bonds. The number of anilines is 1. The molecule has 0 atom stereocenters. The number of thiazole rings is 1. The van der Waals surface area contributed by atoms with Gasteiger partial charge in [0.25, 0.3) is 0 Å². The SMILES string of the molecule is CC1CCC(Oc2ccc(-c3csc(N(CCC(=O)[O-])Cc4cccs4)n3)cc2)CC1.[Na+]. The Morgan fingerprint density at radius 1 is 1.16 bits per heavy atom. The summed E-state index contributed by atoms with van der Waals surface area (Å²) in [4.78, 5) is 19.0. The van der Waals surface area contributed by atoms with Crippen LogP contribution < -0.4 is 44.3 Å². The Hall–Kier alpha value is -1.38. The molecular weight excluding hydrogens is 451 g/mol. The van der Waals surface area contributed by atoms with Crippen LogP contribution in [0.15, 0.2) is 47.2 Å². The van der Waals surface area contributed by atoms with E-state index in [-0.39, 0.29) is 36.0 Å². The molecule has 8 heteroatoms. The molecule has 1 aliphatic carbocycles. The summed E-state index contributed by atoms with van der Waals surface area (Å²) >= 11 is 3.19. The van der Waals surface area contributed by atoms with Gasteiger partial charge in [-0.25, -0.2) is 4.98 Å². The maximum atomic E-state index is 11.0. The van der Waals surface area contributed by atoms with Crippen molar-refractivity contribution < 1.29 is 44.2 Å². The number of carbonyl (C=O) groups is 1. The molecule has 2 aromatic heterocycles. The van der Waals surface area contributed by atoms with Crippen molar-refractivity contribution in [2.24, 2.45) is 5.92 Å². The molecule has 32 heavy (non-hydrogen) atoms. The van der Waals surface area contributed by atoms with Crippen LogP contribution in [-0.2, 0) is 11.3 Å². The van der Waals surface area contributed by atoms with Gasteiger partial charge in [-0.3, -0.25) is 0 Å². The van der Waals surface area contributed by atoms with Gasteiger partial charge < -0.3 is 19.5 Å². The maximum Gasteiger partial charge on any atom is 1.00 e. The molecule has 5 nitrogen and oxygen atoms in total. The van der Waals surface area contributed by atoms with Crippen molar-refractivity contribution in [3.8, 4) is 17.0 Å². The predicted octanol–water partition coefficient (Wildman–Crippen LogP) is 1.98. The molecular formula is C24H27N2NaO3S2. The summed E-state index contributed by atoms with van der Waals surface area (Å²) in [5.41, 5.74) is 1.92. The molecule has 0 spiro atoms. The van der Waals surface area contributed by atoms with Gasteiger partial charge >= 0.3 is 29.6 Å². The molecule has 1 fully saturated rings. The van der Waals surface area contributed by atoms with Crippen LogP contribution in [0.25, 0.3) is 11.3 Å². The van der Waals surface area contributed by atoms with Crippen LogP contribution >= 0.6 is 22.7 Å². The first-order chi connectivity index (χ1) is 15.1. The first kappa shape index (κ1) is 25.2. The zero-order valence-corrected chi connectivity index (χ0v) is 22.3. The van der Waals surface area contributed by atoms with Crippen LogP contribution in [0.3, 0.4) is 0 Å².